The lowest BCUT2D eigenvalue weighted by molar-refractivity contribution is -0.122. The van der Waals surface area contributed by atoms with Crippen LogP contribution in [0.5, 0.6) is 5.75 Å². The highest BCUT2D eigenvalue weighted by Gasteiger charge is 2.18. The van der Waals surface area contributed by atoms with E-state index < -0.39 is 29.6 Å². The van der Waals surface area contributed by atoms with Crippen molar-refractivity contribution in [3.8, 4) is 5.75 Å². The molecule has 0 unspecified atom stereocenters. The summed E-state index contributed by atoms with van der Waals surface area (Å²) >= 11 is 1.14. The van der Waals surface area contributed by atoms with Crippen LogP contribution >= 0.6 is 11.3 Å². The highest BCUT2D eigenvalue weighted by molar-refractivity contribution is 7.17. The van der Waals surface area contributed by atoms with Crippen molar-refractivity contribution in [3.63, 3.8) is 0 Å². The lowest BCUT2D eigenvalue weighted by atomic mass is 10.3. The van der Waals surface area contributed by atoms with Gasteiger partial charge in [0.15, 0.2) is 0 Å². The molecule has 0 aliphatic rings. The number of fused-ring (bicyclic) bond motifs is 1. The summed E-state index contributed by atoms with van der Waals surface area (Å²) in [5, 5.41) is 7.00. The van der Waals surface area contributed by atoms with Gasteiger partial charge in [-0.25, -0.2) is 9.36 Å². The lowest BCUT2D eigenvalue weighted by Crippen LogP contribution is -2.44. The third-order valence-electron chi connectivity index (χ3n) is 4.93. The zero-order valence-corrected chi connectivity index (χ0v) is 19.1. The molecule has 3 aromatic heterocycles. The van der Waals surface area contributed by atoms with Crippen LogP contribution in [0.25, 0.3) is 10.2 Å². The molecule has 3 heterocycles. The molecule has 0 aliphatic carbocycles. The van der Waals surface area contributed by atoms with Crippen molar-refractivity contribution < 1.29 is 18.7 Å². The number of anilines is 1. The van der Waals surface area contributed by atoms with Crippen LogP contribution in [0.2, 0.25) is 0 Å². The zero-order valence-electron chi connectivity index (χ0n) is 18.3. The van der Waals surface area contributed by atoms with Crippen LogP contribution in [0.15, 0.2) is 68.1 Å². The maximum Gasteiger partial charge on any atom is 0.332 e. The second-order valence-electron chi connectivity index (χ2n) is 7.26. The van der Waals surface area contributed by atoms with Crippen LogP contribution in [-0.2, 0) is 29.2 Å². The smallest absolute Gasteiger partial charge is 0.332 e. The van der Waals surface area contributed by atoms with Crippen LogP contribution < -0.4 is 26.6 Å². The van der Waals surface area contributed by atoms with E-state index in [2.05, 4.69) is 10.6 Å². The Morgan fingerprint density at radius 3 is 2.50 bits per heavy atom. The second kappa shape index (κ2) is 10.2. The normalized spacial score (nSPS) is 10.9. The monoisotopic (exact) mass is 482 g/mol. The lowest BCUT2D eigenvalue weighted by Gasteiger charge is -2.12. The van der Waals surface area contributed by atoms with Gasteiger partial charge in [-0.3, -0.25) is 19.0 Å². The van der Waals surface area contributed by atoms with Crippen molar-refractivity contribution in [3.05, 3.63) is 80.7 Å². The van der Waals surface area contributed by atoms with Crippen LogP contribution in [-0.4, -0.2) is 27.6 Å². The summed E-state index contributed by atoms with van der Waals surface area (Å²) in [4.78, 5) is 51.0. The van der Waals surface area contributed by atoms with Gasteiger partial charge in [0.1, 0.15) is 29.3 Å². The Labute approximate surface area is 197 Å². The Balaban J connectivity index is 1.54. The average Bonchev–Trinajstić information content (AvgIpc) is 3.52. The van der Waals surface area contributed by atoms with E-state index in [1.54, 1.807) is 47.8 Å². The molecule has 0 atom stereocenters. The number of nitrogens with one attached hydrogen (secondary N) is 2. The average molecular weight is 483 g/mol. The van der Waals surface area contributed by atoms with Crippen molar-refractivity contribution in [2.75, 3.05) is 11.9 Å². The van der Waals surface area contributed by atoms with Crippen molar-refractivity contribution in [2.24, 2.45) is 0 Å². The van der Waals surface area contributed by atoms with Gasteiger partial charge in [0.2, 0.25) is 11.8 Å². The van der Waals surface area contributed by atoms with E-state index in [1.807, 2.05) is 6.92 Å². The molecule has 1 aromatic carbocycles. The number of hydrogen-bond acceptors (Lipinski definition) is 7. The van der Waals surface area contributed by atoms with Gasteiger partial charge in [-0.1, -0.05) is 0 Å². The summed E-state index contributed by atoms with van der Waals surface area (Å²) in [6.45, 7) is 1.73. The van der Waals surface area contributed by atoms with Crippen molar-refractivity contribution in [1.29, 1.82) is 0 Å². The third-order valence-corrected chi connectivity index (χ3v) is 5.82. The fourth-order valence-electron chi connectivity index (χ4n) is 3.37. The first-order valence-electron chi connectivity index (χ1n) is 10.5. The molecular formula is C23H22N4O6S. The molecule has 4 rings (SSSR count). The first kappa shape index (κ1) is 23.1. The number of hydrogen-bond donors (Lipinski definition) is 2. The summed E-state index contributed by atoms with van der Waals surface area (Å²) in [7, 11) is 0. The molecule has 0 spiro atoms. The Kier molecular flexibility index (Phi) is 6.93. The van der Waals surface area contributed by atoms with E-state index in [1.165, 1.54) is 10.8 Å². The number of carbonyl (C=O) groups excluding carboxylic acids is 2. The third kappa shape index (κ3) is 5.09. The van der Waals surface area contributed by atoms with E-state index in [9.17, 15) is 19.2 Å². The minimum absolute atomic E-state index is 0.126. The summed E-state index contributed by atoms with van der Waals surface area (Å²) in [6.07, 6.45) is 1.48. The number of benzene rings is 1. The summed E-state index contributed by atoms with van der Waals surface area (Å²) in [6, 6.07) is 11.8. The standard InChI is InChI=1S/C23H22N4O6S/c1-2-32-16-7-5-15(6-8-16)25-20(29)14-26-18-9-11-34-21(18)22(30)27(23(26)31)13-19(28)24-12-17-4-3-10-33-17/h3-11H,2,12-14H2,1H3,(H,24,28)(H,25,29). The molecule has 0 radical (unpaired) electrons. The van der Waals surface area contributed by atoms with Crippen LogP contribution in [0.3, 0.4) is 0 Å². The van der Waals surface area contributed by atoms with E-state index in [0.29, 0.717) is 29.3 Å². The number of amides is 2. The molecule has 0 aliphatic heterocycles. The molecule has 0 saturated carbocycles. The number of carbonyl (C=O) groups is 2. The molecule has 2 amide bonds. The fraction of sp³-hybridized carbons (Fsp3) is 0.217. The van der Waals surface area contributed by atoms with E-state index in [4.69, 9.17) is 9.15 Å². The molecule has 176 valence electrons. The van der Waals surface area contributed by atoms with Gasteiger partial charge in [0.05, 0.1) is 24.9 Å². The highest BCUT2D eigenvalue weighted by atomic mass is 32.1. The highest BCUT2D eigenvalue weighted by Crippen LogP contribution is 2.17. The number of furan rings is 1. The van der Waals surface area contributed by atoms with Crippen LogP contribution in [0, 0.1) is 0 Å². The number of ether oxygens (including phenoxy) is 1. The number of rotatable bonds is 9. The van der Waals surface area contributed by atoms with Gasteiger partial charge in [-0.2, -0.15) is 0 Å². The number of thiophene rings is 1. The molecule has 0 saturated heterocycles. The molecule has 2 N–H and O–H groups in total. The molecule has 4 aromatic rings. The van der Waals surface area contributed by atoms with Crippen LogP contribution in [0.4, 0.5) is 5.69 Å². The van der Waals surface area contributed by atoms with Gasteiger partial charge in [-0.15, -0.1) is 11.3 Å². The van der Waals surface area contributed by atoms with Crippen molar-refractivity contribution in [2.45, 2.75) is 26.6 Å². The molecular weight excluding hydrogens is 460 g/mol. The number of aromatic nitrogens is 2. The Bertz CT molecular complexity index is 1420. The minimum atomic E-state index is -0.745. The molecule has 0 fully saturated rings. The van der Waals surface area contributed by atoms with Gasteiger partial charge >= 0.3 is 5.69 Å². The first-order chi connectivity index (χ1) is 16.5. The predicted molar refractivity (Wildman–Crippen MR) is 127 cm³/mol. The van der Waals surface area contributed by atoms with Gasteiger partial charge in [0.25, 0.3) is 5.56 Å². The maximum absolute atomic E-state index is 13.1. The zero-order chi connectivity index (χ0) is 24.1. The first-order valence-corrected chi connectivity index (χ1v) is 11.4. The Hall–Kier alpha value is -4.12. The van der Waals surface area contributed by atoms with Gasteiger partial charge < -0.3 is 19.8 Å². The summed E-state index contributed by atoms with van der Waals surface area (Å²) < 4.78 is 12.9. The topological polar surface area (TPSA) is 125 Å². The predicted octanol–water partition coefficient (Wildman–Crippen LogP) is 2.17. The largest absolute Gasteiger partial charge is 0.494 e. The molecule has 34 heavy (non-hydrogen) atoms. The quantitative estimate of drug-likeness (QED) is 0.377. The van der Waals surface area contributed by atoms with Gasteiger partial charge in [0, 0.05) is 5.69 Å². The second-order valence-corrected chi connectivity index (χ2v) is 8.17. The van der Waals surface area contributed by atoms with E-state index in [0.717, 1.165) is 15.9 Å². The molecule has 0 bridgehead atoms. The fourth-order valence-corrected chi connectivity index (χ4v) is 4.21. The molecule has 11 heteroatoms. The van der Waals surface area contributed by atoms with Crippen LogP contribution in [0.1, 0.15) is 12.7 Å². The Morgan fingerprint density at radius 1 is 1.03 bits per heavy atom. The van der Waals surface area contributed by atoms with E-state index in [-0.39, 0.29) is 17.8 Å². The number of nitrogens with zero attached hydrogens (tertiary/aromatic N) is 2. The van der Waals surface area contributed by atoms with Crippen molar-refractivity contribution in [1.82, 2.24) is 14.5 Å². The summed E-state index contributed by atoms with van der Waals surface area (Å²) in [5.74, 6) is 0.231. The molecule has 10 nitrogen and oxygen atoms in total. The minimum Gasteiger partial charge on any atom is -0.494 e. The summed E-state index contributed by atoms with van der Waals surface area (Å²) in [5.41, 5.74) is -0.444. The SMILES string of the molecule is CCOc1ccc(NC(=O)Cn2c(=O)n(CC(=O)NCc3ccco3)c(=O)c3sccc32)cc1. The maximum atomic E-state index is 13.1. The van der Waals surface area contributed by atoms with E-state index >= 15 is 0 Å². The van der Waals surface area contributed by atoms with Crippen molar-refractivity contribution >= 4 is 39.1 Å². The van der Waals surface area contributed by atoms with Gasteiger partial charge in [-0.05, 0) is 54.8 Å². The Morgan fingerprint density at radius 2 is 1.79 bits per heavy atom.